The summed E-state index contributed by atoms with van der Waals surface area (Å²) in [5.74, 6) is 1.24. The Morgan fingerprint density at radius 1 is 1.69 bits per heavy atom. The van der Waals surface area contributed by atoms with Crippen molar-refractivity contribution in [1.29, 1.82) is 0 Å². The first-order valence-electron chi connectivity index (χ1n) is 4.11. The van der Waals surface area contributed by atoms with E-state index in [2.05, 4.69) is 11.9 Å². The summed E-state index contributed by atoms with van der Waals surface area (Å²) in [6.07, 6.45) is 1.05. The molecule has 0 saturated carbocycles. The molecule has 0 aliphatic carbocycles. The Labute approximate surface area is 81.2 Å². The van der Waals surface area contributed by atoms with Gasteiger partial charge in [-0.3, -0.25) is 9.36 Å². The standard InChI is InChI=1S/C8H13N3OS/c1-3-4-13-8-10-6(9)5-7(12)11(8)2/h5H,3-4,9H2,1-2H3. The Morgan fingerprint density at radius 2 is 2.38 bits per heavy atom. The van der Waals surface area contributed by atoms with Gasteiger partial charge in [-0.25, -0.2) is 4.98 Å². The van der Waals surface area contributed by atoms with E-state index in [0.29, 0.717) is 11.0 Å². The Bertz CT molecular complexity index is 348. The van der Waals surface area contributed by atoms with Crippen LogP contribution in [0.1, 0.15) is 13.3 Å². The molecule has 0 unspecified atom stereocenters. The van der Waals surface area contributed by atoms with E-state index in [1.165, 1.54) is 10.6 Å². The van der Waals surface area contributed by atoms with Crippen LogP contribution in [0.4, 0.5) is 5.82 Å². The van der Waals surface area contributed by atoms with Crippen LogP contribution in [-0.4, -0.2) is 15.3 Å². The Hall–Kier alpha value is -0.970. The third-order valence-corrected chi connectivity index (χ3v) is 2.78. The summed E-state index contributed by atoms with van der Waals surface area (Å²) in [5.41, 5.74) is 5.36. The van der Waals surface area contributed by atoms with Gasteiger partial charge >= 0.3 is 0 Å². The highest BCUT2D eigenvalue weighted by Gasteiger charge is 2.02. The van der Waals surface area contributed by atoms with Crippen molar-refractivity contribution in [1.82, 2.24) is 9.55 Å². The molecule has 13 heavy (non-hydrogen) atoms. The van der Waals surface area contributed by atoms with Crippen molar-refractivity contribution in [2.24, 2.45) is 7.05 Å². The van der Waals surface area contributed by atoms with Gasteiger partial charge in [0.15, 0.2) is 5.16 Å². The number of nitrogens with zero attached hydrogens (tertiary/aromatic N) is 2. The summed E-state index contributed by atoms with van der Waals surface area (Å²) in [7, 11) is 1.70. The van der Waals surface area contributed by atoms with Crippen LogP contribution in [-0.2, 0) is 7.05 Å². The summed E-state index contributed by atoms with van der Waals surface area (Å²) in [6, 6.07) is 1.33. The predicted molar refractivity (Wildman–Crippen MR) is 54.9 cm³/mol. The molecular weight excluding hydrogens is 186 g/mol. The second-order valence-electron chi connectivity index (χ2n) is 2.71. The van der Waals surface area contributed by atoms with Crippen LogP contribution in [0.3, 0.4) is 0 Å². The van der Waals surface area contributed by atoms with Gasteiger partial charge in [-0.15, -0.1) is 0 Å². The normalized spacial score (nSPS) is 10.3. The third kappa shape index (κ3) is 2.48. The largest absolute Gasteiger partial charge is 0.383 e. The number of aromatic nitrogens is 2. The average molecular weight is 199 g/mol. The quantitative estimate of drug-likeness (QED) is 0.579. The molecule has 1 aromatic rings. The minimum Gasteiger partial charge on any atom is -0.383 e. The van der Waals surface area contributed by atoms with Crippen molar-refractivity contribution in [3.05, 3.63) is 16.4 Å². The summed E-state index contributed by atoms with van der Waals surface area (Å²) >= 11 is 1.55. The summed E-state index contributed by atoms with van der Waals surface area (Å²) in [5, 5.41) is 0.687. The molecular formula is C8H13N3OS. The minimum atomic E-state index is -0.105. The smallest absolute Gasteiger partial charge is 0.255 e. The molecule has 1 aromatic heterocycles. The number of rotatable bonds is 3. The number of thioether (sulfide) groups is 1. The number of nitrogens with two attached hydrogens (primary N) is 1. The first-order valence-corrected chi connectivity index (χ1v) is 5.10. The predicted octanol–water partition coefficient (Wildman–Crippen LogP) is 0.865. The highest BCUT2D eigenvalue weighted by Crippen LogP contribution is 2.14. The molecule has 0 fully saturated rings. The lowest BCUT2D eigenvalue weighted by Crippen LogP contribution is -2.19. The molecule has 0 bridgehead atoms. The van der Waals surface area contributed by atoms with Gasteiger partial charge in [-0.2, -0.15) is 0 Å². The second kappa shape index (κ2) is 4.32. The fraction of sp³-hybridized carbons (Fsp3) is 0.500. The molecule has 0 atom stereocenters. The van der Waals surface area contributed by atoms with Crippen molar-refractivity contribution < 1.29 is 0 Å². The fourth-order valence-electron chi connectivity index (χ4n) is 0.858. The summed E-state index contributed by atoms with van der Waals surface area (Å²) in [6.45, 7) is 2.08. The zero-order valence-corrected chi connectivity index (χ0v) is 8.60. The van der Waals surface area contributed by atoms with Gasteiger partial charge in [-0.05, 0) is 6.42 Å². The van der Waals surface area contributed by atoms with Gasteiger partial charge in [-0.1, -0.05) is 18.7 Å². The van der Waals surface area contributed by atoms with Gasteiger partial charge in [0.05, 0.1) is 0 Å². The van der Waals surface area contributed by atoms with Crippen molar-refractivity contribution in [3.8, 4) is 0 Å². The van der Waals surface area contributed by atoms with Crippen LogP contribution < -0.4 is 11.3 Å². The molecule has 0 saturated heterocycles. The van der Waals surface area contributed by atoms with Crippen molar-refractivity contribution in [2.75, 3.05) is 11.5 Å². The van der Waals surface area contributed by atoms with E-state index in [1.54, 1.807) is 18.8 Å². The van der Waals surface area contributed by atoms with Gasteiger partial charge < -0.3 is 5.73 Å². The average Bonchev–Trinajstić information content (AvgIpc) is 2.09. The lowest BCUT2D eigenvalue weighted by molar-refractivity contribution is 0.712. The molecule has 0 aromatic carbocycles. The Balaban J connectivity index is 2.99. The van der Waals surface area contributed by atoms with Crippen LogP contribution in [0.2, 0.25) is 0 Å². The maximum Gasteiger partial charge on any atom is 0.255 e. The number of hydrogen-bond donors (Lipinski definition) is 1. The van der Waals surface area contributed by atoms with Crippen LogP contribution in [0.15, 0.2) is 16.0 Å². The van der Waals surface area contributed by atoms with E-state index in [1.807, 2.05) is 0 Å². The van der Waals surface area contributed by atoms with Crippen LogP contribution >= 0.6 is 11.8 Å². The molecule has 4 nitrogen and oxygen atoms in total. The fourth-order valence-corrected chi connectivity index (χ4v) is 1.70. The topological polar surface area (TPSA) is 60.9 Å². The molecule has 5 heteroatoms. The molecule has 2 N–H and O–H groups in total. The van der Waals surface area contributed by atoms with Gasteiger partial charge in [0.1, 0.15) is 5.82 Å². The summed E-state index contributed by atoms with van der Waals surface area (Å²) in [4.78, 5) is 15.3. The summed E-state index contributed by atoms with van der Waals surface area (Å²) < 4.78 is 1.51. The molecule has 0 radical (unpaired) electrons. The van der Waals surface area contributed by atoms with Gasteiger partial charge in [0, 0.05) is 18.9 Å². The minimum absolute atomic E-state index is 0.105. The van der Waals surface area contributed by atoms with E-state index >= 15 is 0 Å². The Morgan fingerprint density at radius 3 is 3.00 bits per heavy atom. The first kappa shape index (κ1) is 10.1. The van der Waals surface area contributed by atoms with Crippen molar-refractivity contribution >= 4 is 17.6 Å². The zero-order chi connectivity index (χ0) is 9.84. The van der Waals surface area contributed by atoms with E-state index in [0.717, 1.165) is 12.2 Å². The molecule has 1 rings (SSSR count). The van der Waals surface area contributed by atoms with Crippen LogP contribution in [0.5, 0.6) is 0 Å². The molecule has 72 valence electrons. The highest BCUT2D eigenvalue weighted by atomic mass is 32.2. The van der Waals surface area contributed by atoms with Crippen molar-refractivity contribution in [2.45, 2.75) is 18.5 Å². The SMILES string of the molecule is CCCSc1nc(N)cc(=O)n1C. The Kier molecular flexibility index (Phi) is 3.36. The zero-order valence-electron chi connectivity index (χ0n) is 7.78. The van der Waals surface area contributed by atoms with Crippen LogP contribution in [0.25, 0.3) is 0 Å². The molecule has 0 aliphatic heterocycles. The third-order valence-electron chi connectivity index (χ3n) is 1.55. The number of anilines is 1. The van der Waals surface area contributed by atoms with E-state index in [-0.39, 0.29) is 5.56 Å². The molecule has 0 aliphatic rings. The lowest BCUT2D eigenvalue weighted by atomic mass is 10.6. The van der Waals surface area contributed by atoms with E-state index in [9.17, 15) is 4.79 Å². The van der Waals surface area contributed by atoms with E-state index < -0.39 is 0 Å². The maximum absolute atomic E-state index is 11.3. The van der Waals surface area contributed by atoms with Gasteiger partial charge in [0.25, 0.3) is 5.56 Å². The molecule has 1 heterocycles. The second-order valence-corrected chi connectivity index (χ2v) is 3.77. The maximum atomic E-state index is 11.3. The highest BCUT2D eigenvalue weighted by molar-refractivity contribution is 7.99. The number of nitrogen functional groups attached to an aromatic ring is 1. The van der Waals surface area contributed by atoms with Gasteiger partial charge in [0.2, 0.25) is 0 Å². The van der Waals surface area contributed by atoms with E-state index in [4.69, 9.17) is 5.73 Å². The molecule has 0 spiro atoms. The van der Waals surface area contributed by atoms with Crippen molar-refractivity contribution in [3.63, 3.8) is 0 Å². The first-order chi connectivity index (χ1) is 6.15. The van der Waals surface area contributed by atoms with Crippen LogP contribution in [0, 0.1) is 0 Å². The lowest BCUT2D eigenvalue weighted by Gasteiger charge is -2.05. The number of hydrogen-bond acceptors (Lipinski definition) is 4. The molecule has 0 amide bonds. The monoisotopic (exact) mass is 199 g/mol.